The van der Waals surface area contributed by atoms with Crippen LogP contribution < -0.4 is 10.0 Å². The summed E-state index contributed by atoms with van der Waals surface area (Å²) in [5, 5.41) is 2.69. The van der Waals surface area contributed by atoms with Crippen LogP contribution in [0.3, 0.4) is 0 Å². The maximum atomic E-state index is 12.3. The molecular weight excluding hydrogens is 400 g/mol. The molecule has 1 aliphatic carbocycles. The molecule has 1 aliphatic rings. The van der Waals surface area contributed by atoms with Crippen molar-refractivity contribution in [1.82, 2.24) is 5.32 Å². The Balaban J connectivity index is 1.80. The van der Waals surface area contributed by atoms with Crippen molar-refractivity contribution in [2.75, 3.05) is 11.8 Å². The number of benzene rings is 1. The van der Waals surface area contributed by atoms with Gasteiger partial charge in [0, 0.05) is 12.7 Å². The number of likely N-dealkylation sites (N-methyl/N-ethyl adjacent to an activating group) is 1. The van der Waals surface area contributed by atoms with Crippen molar-refractivity contribution in [2.45, 2.75) is 22.5 Å². The number of anilines is 1. The van der Waals surface area contributed by atoms with Crippen LogP contribution in [0, 0.1) is 0 Å². The highest BCUT2D eigenvalue weighted by Gasteiger charge is 2.50. The second kappa shape index (κ2) is 5.92. The fourth-order valence-corrected chi connectivity index (χ4v) is 5.58. The number of nitrogens with one attached hydrogen (secondary N) is 2. The third kappa shape index (κ3) is 3.15. The van der Waals surface area contributed by atoms with Crippen LogP contribution in [0.1, 0.15) is 18.4 Å². The normalized spacial score (nSPS) is 15.9. The van der Waals surface area contributed by atoms with E-state index in [1.807, 2.05) is 12.1 Å². The van der Waals surface area contributed by atoms with E-state index < -0.39 is 15.4 Å². The number of hydrogen-bond donors (Lipinski definition) is 2. The van der Waals surface area contributed by atoms with Gasteiger partial charge < -0.3 is 5.32 Å². The van der Waals surface area contributed by atoms with E-state index in [-0.39, 0.29) is 10.1 Å². The van der Waals surface area contributed by atoms with Gasteiger partial charge in [-0.3, -0.25) is 9.52 Å². The van der Waals surface area contributed by atoms with Crippen LogP contribution in [0.5, 0.6) is 0 Å². The molecular formula is C15H15BrN2O3S2. The van der Waals surface area contributed by atoms with E-state index in [4.69, 9.17) is 0 Å². The van der Waals surface area contributed by atoms with E-state index in [9.17, 15) is 13.2 Å². The van der Waals surface area contributed by atoms with Crippen molar-refractivity contribution in [1.29, 1.82) is 0 Å². The van der Waals surface area contributed by atoms with E-state index in [1.165, 1.54) is 0 Å². The summed E-state index contributed by atoms with van der Waals surface area (Å²) in [5.74, 6) is 0.00858. The number of carbonyl (C=O) groups is 1. The number of thiophene rings is 1. The molecule has 3 rings (SSSR count). The van der Waals surface area contributed by atoms with Crippen LogP contribution in [0.2, 0.25) is 0 Å². The molecule has 0 spiro atoms. The van der Waals surface area contributed by atoms with Crippen molar-refractivity contribution in [3.05, 3.63) is 45.7 Å². The van der Waals surface area contributed by atoms with E-state index in [0.29, 0.717) is 5.69 Å². The van der Waals surface area contributed by atoms with Crippen LogP contribution in [0.15, 0.2) is 44.4 Å². The minimum absolute atomic E-state index is 0.00858. The Bertz CT molecular complexity index is 840. The Morgan fingerprint density at radius 2 is 1.83 bits per heavy atom. The number of amides is 1. The molecule has 1 amide bonds. The predicted molar refractivity (Wildman–Crippen MR) is 94.2 cm³/mol. The molecule has 0 aliphatic heterocycles. The van der Waals surface area contributed by atoms with E-state index in [1.54, 1.807) is 31.3 Å². The lowest BCUT2D eigenvalue weighted by Gasteiger charge is -2.14. The first-order valence-corrected chi connectivity index (χ1v) is 10.1. The van der Waals surface area contributed by atoms with Crippen molar-refractivity contribution >= 4 is 48.9 Å². The summed E-state index contributed by atoms with van der Waals surface area (Å²) in [4.78, 5) is 12.0. The number of sulfonamides is 1. The first-order chi connectivity index (χ1) is 10.9. The average Bonchev–Trinajstić information content (AvgIpc) is 3.21. The quantitative estimate of drug-likeness (QED) is 0.788. The lowest BCUT2D eigenvalue weighted by atomic mass is 9.95. The molecule has 2 N–H and O–H groups in total. The first-order valence-electron chi connectivity index (χ1n) is 6.98. The summed E-state index contributed by atoms with van der Waals surface area (Å²) in [6, 6.07) is 10.3. The molecule has 5 nitrogen and oxygen atoms in total. The molecule has 1 heterocycles. The van der Waals surface area contributed by atoms with Crippen molar-refractivity contribution in [3.8, 4) is 0 Å². The van der Waals surface area contributed by atoms with Crippen LogP contribution in [0.25, 0.3) is 0 Å². The van der Waals surface area contributed by atoms with Gasteiger partial charge >= 0.3 is 0 Å². The zero-order valence-electron chi connectivity index (χ0n) is 12.3. The third-order valence-corrected chi connectivity index (χ3v) is 7.41. The Hall–Kier alpha value is -1.38. The van der Waals surface area contributed by atoms with Crippen LogP contribution in [-0.2, 0) is 20.2 Å². The molecule has 0 radical (unpaired) electrons. The molecule has 23 heavy (non-hydrogen) atoms. The summed E-state index contributed by atoms with van der Waals surface area (Å²) < 4.78 is 28.1. The highest BCUT2D eigenvalue weighted by atomic mass is 79.9. The van der Waals surface area contributed by atoms with Crippen molar-refractivity contribution in [2.24, 2.45) is 0 Å². The largest absolute Gasteiger partial charge is 0.358 e. The molecule has 2 aromatic rings. The summed E-state index contributed by atoms with van der Waals surface area (Å²) in [7, 11) is -1.96. The SMILES string of the molecule is CNC(=O)C1(c2ccc(NS(=O)(=O)c3ccc(Br)s3)cc2)CC1. The highest BCUT2D eigenvalue weighted by molar-refractivity contribution is 9.11. The van der Waals surface area contributed by atoms with Gasteiger partial charge in [-0.2, -0.15) is 0 Å². The fraction of sp³-hybridized carbons (Fsp3) is 0.267. The molecule has 1 aromatic carbocycles. The molecule has 1 fully saturated rings. The topological polar surface area (TPSA) is 75.3 Å². The van der Waals surface area contributed by atoms with E-state index >= 15 is 0 Å². The van der Waals surface area contributed by atoms with Gasteiger partial charge in [-0.25, -0.2) is 8.42 Å². The van der Waals surface area contributed by atoms with Gasteiger partial charge in [0.05, 0.1) is 9.20 Å². The second-order valence-corrected chi connectivity index (χ2v) is 9.77. The summed E-state index contributed by atoms with van der Waals surface area (Å²) in [6.45, 7) is 0. The van der Waals surface area contributed by atoms with Crippen molar-refractivity contribution < 1.29 is 13.2 Å². The zero-order valence-corrected chi connectivity index (χ0v) is 15.5. The lowest BCUT2D eigenvalue weighted by molar-refractivity contribution is -0.123. The van der Waals surface area contributed by atoms with Crippen molar-refractivity contribution in [3.63, 3.8) is 0 Å². The highest BCUT2D eigenvalue weighted by Crippen LogP contribution is 2.48. The average molecular weight is 415 g/mol. The van der Waals surface area contributed by atoms with Crippen LogP contribution in [0.4, 0.5) is 5.69 Å². The van der Waals surface area contributed by atoms with Gasteiger partial charge in [0.25, 0.3) is 10.0 Å². The minimum atomic E-state index is -3.59. The fourth-order valence-electron chi connectivity index (χ4n) is 2.52. The standard InChI is InChI=1S/C15H15BrN2O3S2/c1-17-14(19)15(8-9-15)10-2-4-11(5-3-10)18-23(20,21)13-7-6-12(16)22-13/h2-7,18H,8-9H2,1H3,(H,17,19). The predicted octanol–water partition coefficient (Wildman–Crippen LogP) is 3.09. The monoisotopic (exact) mass is 414 g/mol. The maximum absolute atomic E-state index is 12.3. The van der Waals surface area contributed by atoms with E-state index in [2.05, 4.69) is 26.0 Å². The summed E-state index contributed by atoms with van der Waals surface area (Å²) >= 11 is 4.41. The number of hydrogen-bond acceptors (Lipinski definition) is 4. The molecule has 0 bridgehead atoms. The maximum Gasteiger partial charge on any atom is 0.271 e. The molecule has 8 heteroatoms. The third-order valence-electron chi connectivity index (χ3n) is 3.91. The molecule has 0 atom stereocenters. The molecule has 1 saturated carbocycles. The van der Waals surface area contributed by atoms with Gasteiger partial charge in [-0.15, -0.1) is 11.3 Å². The summed E-state index contributed by atoms with van der Waals surface area (Å²) in [6.07, 6.45) is 1.64. The molecule has 0 saturated heterocycles. The molecule has 0 unspecified atom stereocenters. The van der Waals surface area contributed by atoms with Crippen LogP contribution >= 0.6 is 27.3 Å². The first kappa shape index (κ1) is 16.5. The lowest BCUT2D eigenvalue weighted by Crippen LogP contribution is -2.31. The molecule has 1 aromatic heterocycles. The Morgan fingerprint density at radius 3 is 2.30 bits per heavy atom. The van der Waals surface area contributed by atoms with Gasteiger partial charge in [0.1, 0.15) is 4.21 Å². The Kier molecular flexibility index (Phi) is 4.24. The smallest absolute Gasteiger partial charge is 0.271 e. The minimum Gasteiger partial charge on any atom is -0.358 e. The van der Waals surface area contributed by atoms with Crippen LogP contribution in [-0.4, -0.2) is 21.4 Å². The second-order valence-electron chi connectivity index (χ2n) is 5.40. The van der Waals surface area contributed by atoms with Gasteiger partial charge in [-0.1, -0.05) is 12.1 Å². The summed E-state index contributed by atoms with van der Waals surface area (Å²) in [5.41, 5.74) is 0.953. The van der Waals surface area contributed by atoms with E-state index in [0.717, 1.165) is 33.5 Å². The van der Waals surface area contributed by atoms with Gasteiger partial charge in [-0.05, 0) is 58.6 Å². The van der Waals surface area contributed by atoms with Gasteiger partial charge in [0.15, 0.2) is 0 Å². The molecule has 122 valence electrons. The van der Waals surface area contributed by atoms with Gasteiger partial charge in [0.2, 0.25) is 5.91 Å². The zero-order chi connectivity index (χ0) is 16.7. The Morgan fingerprint density at radius 1 is 1.17 bits per heavy atom. The number of carbonyl (C=O) groups excluding carboxylic acids is 1. The number of rotatable bonds is 5. The number of halogens is 1. The Labute approximate surface area is 147 Å².